The van der Waals surface area contributed by atoms with E-state index in [1.54, 1.807) is 12.1 Å². The molecule has 2 fully saturated rings. The van der Waals surface area contributed by atoms with Crippen molar-refractivity contribution >= 4 is 11.8 Å². The molecule has 7 heteroatoms. The first-order chi connectivity index (χ1) is 15.6. The molecule has 0 aromatic heterocycles. The number of piperidine rings is 1. The molecule has 1 unspecified atom stereocenters. The Morgan fingerprint density at radius 1 is 0.969 bits per heavy atom. The zero-order chi connectivity index (χ0) is 22.3. The lowest BCUT2D eigenvalue weighted by atomic mass is 9.94. The molecule has 2 heterocycles. The second-order valence-corrected chi connectivity index (χ2v) is 8.26. The molecular weight excluding hydrogens is 411 g/mol. The molecule has 32 heavy (non-hydrogen) atoms. The minimum Gasteiger partial charge on any atom is -0.493 e. The summed E-state index contributed by atoms with van der Waals surface area (Å²) in [6.45, 7) is 3.03. The molecule has 0 bridgehead atoms. The van der Waals surface area contributed by atoms with Gasteiger partial charge in [-0.15, -0.1) is 0 Å². The van der Waals surface area contributed by atoms with Crippen molar-refractivity contribution in [2.75, 3.05) is 39.4 Å². The van der Waals surface area contributed by atoms with Crippen molar-refractivity contribution in [3.63, 3.8) is 0 Å². The Bertz CT molecular complexity index is 898. The molecule has 1 atom stereocenters. The maximum Gasteiger partial charge on any atom is 0.225 e. The Morgan fingerprint density at radius 3 is 2.41 bits per heavy atom. The largest absolute Gasteiger partial charge is 0.493 e. The molecule has 2 aromatic rings. The van der Waals surface area contributed by atoms with E-state index in [0.29, 0.717) is 58.7 Å². The van der Waals surface area contributed by atoms with Crippen LogP contribution < -0.4 is 4.74 Å². The Morgan fingerprint density at radius 2 is 1.69 bits per heavy atom. The van der Waals surface area contributed by atoms with Gasteiger partial charge in [-0.25, -0.2) is 4.39 Å². The number of likely N-dealkylation sites (tertiary alicyclic amines) is 1. The highest BCUT2D eigenvalue weighted by Gasteiger charge is 2.33. The molecule has 0 aliphatic carbocycles. The molecule has 6 nitrogen and oxygen atoms in total. The number of carbonyl (C=O) groups excluding carboxylic acids is 2. The van der Waals surface area contributed by atoms with Gasteiger partial charge in [0, 0.05) is 25.6 Å². The van der Waals surface area contributed by atoms with Gasteiger partial charge in [0.05, 0.1) is 26.2 Å². The zero-order valence-electron chi connectivity index (χ0n) is 18.1. The number of hydrogen-bond donors (Lipinski definition) is 0. The lowest BCUT2D eigenvalue weighted by Crippen LogP contribution is -2.48. The first kappa shape index (κ1) is 22.3. The predicted octanol–water partition coefficient (Wildman–Crippen LogP) is 3.43. The number of nitrogens with zero attached hydrogens (tertiary/aromatic N) is 2. The van der Waals surface area contributed by atoms with Gasteiger partial charge < -0.3 is 19.3 Å². The number of morpholine rings is 1. The Labute approximate surface area is 187 Å². The fourth-order valence-corrected chi connectivity index (χ4v) is 4.29. The van der Waals surface area contributed by atoms with Crippen molar-refractivity contribution in [1.29, 1.82) is 0 Å². The van der Waals surface area contributed by atoms with Crippen LogP contribution in [0.15, 0.2) is 54.6 Å². The van der Waals surface area contributed by atoms with Crippen molar-refractivity contribution < 1.29 is 23.5 Å². The minimum absolute atomic E-state index is 0.0644. The lowest BCUT2D eigenvalue weighted by Gasteiger charge is -2.38. The van der Waals surface area contributed by atoms with E-state index in [1.165, 1.54) is 12.1 Å². The summed E-state index contributed by atoms with van der Waals surface area (Å²) in [7, 11) is 0. The molecule has 0 spiro atoms. The van der Waals surface area contributed by atoms with Gasteiger partial charge in [0.1, 0.15) is 17.7 Å². The number of halogens is 1. The molecule has 0 saturated carbocycles. The average molecular weight is 441 g/mol. The summed E-state index contributed by atoms with van der Waals surface area (Å²) in [5.74, 6) is 0.584. The van der Waals surface area contributed by atoms with Gasteiger partial charge >= 0.3 is 0 Å². The quantitative estimate of drug-likeness (QED) is 0.691. The summed E-state index contributed by atoms with van der Waals surface area (Å²) in [4.78, 5) is 29.3. The summed E-state index contributed by atoms with van der Waals surface area (Å²) in [5.41, 5.74) is 0.877. The van der Waals surface area contributed by atoms with Crippen LogP contribution in [-0.2, 0) is 14.3 Å². The fraction of sp³-hybridized carbons (Fsp3) is 0.440. The number of hydrogen-bond acceptors (Lipinski definition) is 4. The summed E-state index contributed by atoms with van der Waals surface area (Å²) in [5, 5.41) is 0. The van der Waals surface area contributed by atoms with Crippen molar-refractivity contribution in [2.45, 2.75) is 25.4 Å². The number of carbonyl (C=O) groups is 2. The van der Waals surface area contributed by atoms with Crippen LogP contribution in [0.5, 0.6) is 5.75 Å². The van der Waals surface area contributed by atoms with Crippen LogP contribution in [0.2, 0.25) is 0 Å². The number of amides is 2. The van der Waals surface area contributed by atoms with Crippen LogP contribution in [0.1, 0.15) is 30.9 Å². The second kappa shape index (κ2) is 10.6. The Kier molecular flexibility index (Phi) is 7.37. The van der Waals surface area contributed by atoms with Crippen LogP contribution >= 0.6 is 0 Å². The second-order valence-electron chi connectivity index (χ2n) is 8.26. The monoisotopic (exact) mass is 440 g/mol. The van der Waals surface area contributed by atoms with E-state index in [9.17, 15) is 14.0 Å². The molecule has 2 amide bonds. The van der Waals surface area contributed by atoms with Crippen LogP contribution in [0.4, 0.5) is 4.39 Å². The highest BCUT2D eigenvalue weighted by atomic mass is 19.1. The van der Waals surface area contributed by atoms with Gasteiger partial charge in [0.15, 0.2) is 0 Å². The van der Waals surface area contributed by atoms with E-state index in [-0.39, 0.29) is 29.7 Å². The van der Waals surface area contributed by atoms with E-state index in [1.807, 2.05) is 40.1 Å². The van der Waals surface area contributed by atoms with Crippen LogP contribution in [0.25, 0.3) is 0 Å². The van der Waals surface area contributed by atoms with Crippen LogP contribution in [-0.4, -0.2) is 61.0 Å². The molecule has 4 rings (SSSR count). The molecule has 2 aromatic carbocycles. The Balaban J connectivity index is 1.22. The van der Waals surface area contributed by atoms with Crippen LogP contribution in [0, 0.1) is 11.7 Å². The van der Waals surface area contributed by atoms with E-state index in [4.69, 9.17) is 9.47 Å². The van der Waals surface area contributed by atoms with Gasteiger partial charge in [-0.1, -0.05) is 30.3 Å². The molecule has 2 aliphatic rings. The maximum absolute atomic E-state index is 13.2. The normalized spacial score (nSPS) is 19.6. The minimum atomic E-state index is -0.287. The summed E-state index contributed by atoms with van der Waals surface area (Å²) >= 11 is 0. The van der Waals surface area contributed by atoms with Gasteiger partial charge in [-0.2, -0.15) is 0 Å². The number of ether oxygens (including phenoxy) is 2. The molecule has 0 radical (unpaired) electrons. The fourth-order valence-electron chi connectivity index (χ4n) is 4.29. The van der Waals surface area contributed by atoms with Crippen molar-refractivity contribution in [1.82, 2.24) is 9.80 Å². The van der Waals surface area contributed by atoms with Gasteiger partial charge in [-0.05, 0) is 42.7 Å². The lowest BCUT2D eigenvalue weighted by molar-refractivity contribution is -0.147. The zero-order valence-corrected chi connectivity index (χ0v) is 18.1. The van der Waals surface area contributed by atoms with Crippen molar-refractivity contribution in [3.05, 3.63) is 66.0 Å². The van der Waals surface area contributed by atoms with Gasteiger partial charge in [0.2, 0.25) is 11.8 Å². The van der Waals surface area contributed by atoms with Crippen LogP contribution in [0.3, 0.4) is 0 Å². The van der Waals surface area contributed by atoms with Crippen molar-refractivity contribution in [3.8, 4) is 5.75 Å². The summed E-state index contributed by atoms with van der Waals surface area (Å²) in [6, 6.07) is 15.7. The first-order valence-electron chi connectivity index (χ1n) is 11.2. The molecule has 2 aliphatic heterocycles. The number of benzene rings is 2. The predicted molar refractivity (Wildman–Crippen MR) is 118 cm³/mol. The standard InChI is InChI=1S/C25H29FN2O4/c26-21-8-6-19(7-9-21)23-18-28(15-17-32-23)25(30)20-10-13-27(14-11-20)24(29)12-16-31-22-4-2-1-3-5-22/h1-9,20,23H,10-18H2. The smallest absolute Gasteiger partial charge is 0.225 e. The van der Waals surface area contributed by atoms with E-state index in [2.05, 4.69) is 0 Å². The third-order valence-electron chi connectivity index (χ3n) is 6.14. The molecule has 2 saturated heterocycles. The molecule has 170 valence electrons. The highest BCUT2D eigenvalue weighted by Crippen LogP contribution is 2.26. The Hall–Kier alpha value is -2.93. The van der Waals surface area contributed by atoms with Gasteiger partial charge in [0.25, 0.3) is 0 Å². The summed E-state index contributed by atoms with van der Waals surface area (Å²) in [6.07, 6.45) is 1.43. The molecule has 0 N–H and O–H groups in total. The van der Waals surface area contributed by atoms with E-state index < -0.39 is 0 Å². The maximum atomic E-state index is 13.2. The third-order valence-corrected chi connectivity index (χ3v) is 6.14. The summed E-state index contributed by atoms with van der Waals surface area (Å²) < 4.78 is 24.6. The van der Waals surface area contributed by atoms with E-state index >= 15 is 0 Å². The van der Waals surface area contributed by atoms with Gasteiger partial charge in [-0.3, -0.25) is 9.59 Å². The highest BCUT2D eigenvalue weighted by molar-refractivity contribution is 5.80. The van der Waals surface area contributed by atoms with Crippen molar-refractivity contribution in [2.24, 2.45) is 5.92 Å². The SMILES string of the molecule is O=C(CCOc1ccccc1)N1CCC(C(=O)N2CCOC(c3ccc(F)cc3)C2)CC1. The third kappa shape index (κ3) is 5.65. The number of rotatable bonds is 6. The first-order valence-corrected chi connectivity index (χ1v) is 11.2. The van der Waals surface area contributed by atoms with E-state index in [0.717, 1.165) is 11.3 Å². The topological polar surface area (TPSA) is 59.1 Å². The molecular formula is C25H29FN2O4. The average Bonchev–Trinajstić information content (AvgIpc) is 2.85. The number of para-hydroxylation sites is 1.